The van der Waals surface area contributed by atoms with Crippen LogP contribution in [0.5, 0.6) is 17.2 Å². The number of thiazole rings is 1. The Bertz CT molecular complexity index is 3200. The summed E-state index contributed by atoms with van der Waals surface area (Å²) in [4.78, 5) is 77.4. The van der Waals surface area contributed by atoms with Gasteiger partial charge >= 0.3 is 5.69 Å². The Labute approximate surface area is 429 Å². The molecule has 0 bridgehead atoms. The molecule has 2 aromatic heterocycles. The maximum absolute atomic E-state index is 14.4. The van der Waals surface area contributed by atoms with Gasteiger partial charge in [-0.3, -0.25) is 28.3 Å². The van der Waals surface area contributed by atoms with Crippen LogP contribution in [-0.2, 0) is 50.5 Å². The van der Waals surface area contributed by atoms with Gasteiger partial charge in [-0.25, -0.2) is 18.2 Å². The number of carbonyl (C=O) groups excluding carboxylic acids is 4. The van der Waals surface area contributed by atoms with E-state index in [2.05, 4.69) is 10.3 Å². The Hall–Kier alpha value is -6.63. The van der Waals surface area contributed by atoms with Crippen LogP contribution in [0.3, 0.4) is 0 Å². The third-order valence-electron chi connectivity index (χ3n) is 13.9. The molecule has 0 aliphatic carbocycles. The molecular weight excluding hydrogens is 969 g/mol. The van der Waals surface area contributed by atoms with Crippen LogP contribution in [0, 0.1) is 18.3 Å². The van der Waals surface area contributed by atoms with E-state index in [1.54, 1.807) is 72.8 Å². The lowest BCUT2D eigenvalue weighted by Gasteiger charge is -2.37. The summed E-state index contributed by atoms with van der Waals surface area (Å²) in [6, 6.07) is 22.4. The Balaban J connectivity index is 0.901. The summed E-state index contributed by atoms with van der Waals surface area (Å²) in [6.45, 7) is 10.4. The van der Waals surface area contributed by atoms with Gasteiger partial charge in [0, 0.05) is 75.7 Å². The Morgan fingerprint density at radius 1 is 0.918 bits per heavy atom. The van der Waals surface area contributed by atoms with E-state index in [4.69, 9.17) is 9.47 Å². The lowest BCUT2D eigenvalue weighted by molar-refractivity contribution is -0.144. The SMILES string of the molecule is CCCOc1cccc(Oc2cc3c(cc2CS(=O)(=O)c2cccc(C(=O)N4CCC(C(=O)N[C@H](C(=O)N5C[C@H](O)C[C@H]5C(=O)CCc5ccc(-c6scnc6C)cc5)C(C)(C)C)CC4)c2)n(C)c(=O)n3C)c1. The van der Waals surface area contributed by atoms with Crippen molar-refractivity contribution in [2.75, 3.05) is 26.2 Å². The highest BCUT2D eigenvalue weighted by Crippen LogP contribution is 2.35. The van der Waals surface area contributed by atoms with Gasteiger partial charge in [0.05, 0.1) is 56.5 Å². The van der Waals surface area contributed by atoms with Crippen LogP contribution >= 0.6 is 11.3 Å². The first-order chi connectivity index (χ1) is 34.7. The normalized spacial score (nSPS) is 16.9. The summed E-state index contributed by atoms with van der Waals surface area (Å²) < 4.78 is 43.5. The van der Waals surface area contributed by atoms with Crippen LogP contribution in [0.2, 0.25) is 0 Å². The van der Waals surface area contributed by atoms with Crippen LogP contribution in [0.1, 0.15) is 87.0 Å². The molecule has 73 heavy (non-hydrogen) atoms. The molecule has 18 heteroatoms. The van der Waals surface area contributed by atoms with Gasteiger partial charge in [-0.05, 0) is 85.5 Å². The van der Waals surface area contributed by atoms with Crippen molar-refractivity contribution in [2.45, 2.75) is 102 Å². The molecule has 2 aliphatic heterocycles. The monoisotopic (exact) mass is 1030 g/mol. The Kier molecular flexibility index (Phi) is 15.8. The van der Waals surface area contributed by atoms with Crippen molar-refractivity contribution in [1.82, 2.24) is 29.2 Å². The van der Waals surface area contributed by atoms with E-state index in [9.17, 15) is 37.5 Å². The highest BCUT2D eigenvalue weighted by Gasteiger charge is 2.45. The minimum absolute atomic E-state index is 0.0188. The van der Waals surface area contributed by atoms with Crippen LogP contribution in [0.25, 0.3) is 21.5 Å². The molecule has 16 nitrogen and oxygen atoms in total. The van der Waals surface area contributed by atoms with E-state index in [0.717, 1.165) is 28.1 Å². The molecule has 0 spiro atoms. The number of nitrogens with zero attached hydrogens (tertiary/aromatic N) is 5. The van der Waals surface area contributed by atoms with Crippen molar-refractivity contribution in [3.63, 3.8) is 0 Å². The second-order valence-corrected chi connectivity index (χ2v) is 23.1. The predicted molar refractivity (Wildman–Crippen MR) is 280 cm³/mol. The molecule has 3 amide bonds. The number of aryl methyl sites for hydroxylation is 4. The summed E-state index contributed by atoms with van der Waals surface area (Å²) in [7, 11) is -0.854. The molecule has 0 unspecified atom stereocenters. The van der Waals surface area contributed by atoms with E-state index >= 15 is 0 Å². The van der Waals surface area contributed by atoms with Gasteiger partial charge < -0.3 is 29.7 Å². The number of aromatic nitrogens is 3. The summed E-state index contributed by atoms with van der Waals surface area (Å²) in [5.74, 6) is -1.09. The molecule has 3 atom stereocenters. The van der Waals surface area contributed by atoms with Gasteiger partial charge in [-0.2, -0.15) is 0 Å². The molecule has 2 saturated heterocycles. The zero-order chi connectivity index (χ0) is 52.4. The van der Waals surface area contributed by atoms with Gasteiger partial charge in [0.25, 0.3) is 5.91 Å². The number of ether oxygens (including phenoxy) is 2. The zero-order valence-corrected chi connectivity index (χ0v) is 44.1. The highest BCUT2D eigenvalue weighted by molar-refractivity contribution is 7.90. The van der Waals surface area contributed by atoms with Crippen molar-refractivity contribution in [3.05, 3.63) is 123 Å². The number of amides is 3. The van der Waals surface area contributed by atoms with Crippen molar-refractivity contribution in [3.8, 4) is 27.7 Å². The largest absolute Gasteiger partial charge is 0.493 e. The lowest BCUT2D eigenvalue weighted by atomic mass is 9.84. The van der Waals surface area contributed by atoms with Gasteiger partial charge in [-0.15, -0.1) is 11.3 Å². The number of likely N-dealkylation sites (tertiary alicyclic amines) is 2. The highest BCUT2D eigenvalue weighted by atomic mass is 32.2. The van der Waals surface area contributed by atoms with Gasteiger partial charge in [0.2, 0.25) is 11.8 Å². The fraction of sp³-hybridized carbons (Fsp3) is 0.418. The number of fused-ring (bicyclic) bond motifs is 1. The zero-order valence-electron chi connectivity index (χ0n) is 42.4. The first-order valence-electron chi connectivity index (χ1n) is 24.7. The number of β-amino-alcohol motifs (C(OH)–C–C–N with tert-alkyl or cyclic N) is 1. The van der Waals surface area contributed by atoms with Crippen LogP contribution in [0.15, 0.2) is 100 Å². The summed E-state index contributed by atoms with van der Waals surface area (Å²) in [5, 5.41) is 13.7. The fourth-order valence-corrected chi connectivity index (χ4v) is 11.9. The predicted octanol–water partition coefficient (Wildman–Crippen LogP) is 7.41. The van der Waals surface area contributed by atoms with E-state index < -0.39 is 51.0 Å². The number of Topliss-reactive ketones (excluding diaryl/α,β-unsaturated/α-hetero) is 1. The summed E-state index contributed by atoms with van der Waals surface area (Å²) in [5.41, 5.74) is 5.32. The van der Waals surface area contributed by atoms with Gasteiger partial charge in [0.1, 0.15) is 23.3 Å². The molecule has 4 heterocycles. The first-order valence-corrected chi connectivity index (χ1v) is 27.3. The lowest BCUT2D eigenvalue weighted by Crippen LogP contribution is -2.58. The second kappa shape index (κ2) is 21.8. The number of carbonyl (C=O) groups is 4. The maximum Gasteiger partial charge on any atom is 0.328 e. The first kappa shape index (κ1) is 52.7. The van der Waals surface area contributed by atoms with E-state index in [0.29, 0.717) is 54.0 Å². The van der Waals surface area contributed by atoms with Crippen LogP contribution in [-0.4, -0.2) is 105 Å². The average molecular weight is 1030 g/mol. The molecule has 8 rings (SSSR count). The van der Waals surface area contributed by atoms with E-state index in [-0.39, 0.29) is 72.0 Å². The molecule has 2 N–H and O–H groups in total. The number of ketones is 1. The quantitative estimate of drug-likeness (QED) is 0.0922. The van der Waals surface area contributed by atoms with Gasteiger partial charge in [0.15, 0.2) is 15.6 Å². The van der Waals surface area contributed by atoms with Gasteiger partial charge in [-0.1, -0.05) is 64.1 Å². The molecule has 2 aliphatic rings. The third-order valence-corrected chi connectivity index (χ3v) is 16.5. The smallest absolute Gasteiger partial charge is 0.328 e. The molecule has 0 radical (unpaired) electrons. The topological polar surface area (TPSA) is 199 Å². The number of rotatable bonds is 17. The number of aliphatic hydroxyl groups excluding tert-OH is 1. The number of hydrogen-bond acceptors (Lipinski definition) is 12. The maximum atomic E-state index is 14.4. The van der Waals surface area contributed by atoms with Crippen LogP contribution < -0.4 is 20.5 Å². The van der Waals surface area contributed by atoms with Crippen molar-refractivity contribution in [2.24, 2.45) is 25.4 Å². The van der Waals surface area contributed by atoms with Crippen LogP contribution in [0.4, 0.5) is 0 Å². The number of hydrogen-bond donors (Lipinski definition) is 2. The van der Waals surface area contributed by atoms with E-state index in [1.165, 1.54) is 32.2 Å². The molecule has 2 fully saturated rings. The number of benzene rings is 4. The third kappa shape index (κ3) is 11.8. The molecule has 386 valence electrons. The number of sulfone groups is 1. The molecular formula is C55H64N6O10S2. The number of imidazole rings is 1. The average Bonchev–Trinajstić information content (AvgIpc) is 4.05. The number of aliphatic hydroxyl groups is 1. The molecule has 4 aromatic carbocycles. The fourth-order valence-electron chi connectivity index (χ4n) is 9.66. The van der Waals surface area contributed by atoms with Crippen molar-refractivity contribution < 1.29 is 42.2 Å². The Morgan fingerprint density at radius 2 is 1.60 bits per heavy atom. The second-order valence-electron chi connectivity index (χ2n) is 20.3. The standard InChI is InChI=1S/C55H64N6O10S2/c1-8-25-70-41-12-10-13-42(29-41)71-48-30-45-44(58(6)54(67)59(45)7)27-39(48)32-73(68,69)43-14-9-11-38(26-43)52(65)60-23-21-37(22-24-60)51(64)57-50(55(3,4)5)53(66)61-31-40(62)28-46(61)47(63)20-17-35-15-18-36(19-16-35)49-34(2)56-33-72-49/h9-16,18-19,26-27,29-30,33,37,40,46,50,62H,8,17,20-25,28,31-32H2,1-7H3,(H,57,64)/t40-,46+,50-/m1/s1. The Morgan fingerprint density at radius 3 is 2.27 bits per heavy atom. The minimum atomic E-state index is -4.10. The molecule has 6 aromatic rings. The van der Waals surface area contributed by atoms with E-state index in [1.807, 2.05) is 64.4 Å². The van der Waals surface area contributed by atoms with Crippen molar-refractivity contribution >= 4 is 55.7 Å². The van der Waals surface area contributed by atoms with Crippen molar-refractivity contribution in [1.29, 1.82) is 0 Å². The number of nitrogens with one attached hydrogen (secondary N) is 1. The number of piperidine rings is 1. The molecule has 0 saturated carbocycles. The minimum Gasteiger partial charge on any atom is -0.493 e. The summed E-state index contributed by atoms with van der Waals surface area (Å²) in [6.07, 6.45) is 1.31. The summed E-state index contributed by atoms with van der Waals surface area (Å²) >= 11 is 1.57.